The van der Waals surface area contributed by atoms with Gasteiger partial charge in [-0.1, -0.05) is 34.8 Å². The topological polar surface area (TPSA) is 12.0 Å². The molecular weight excluding hydrogens is 261 g/mol. The summed E-state index contributed by atoms with van der Waals surface area (Å²) in [5, 5.41) is 6.97. The molecule has 1 heterocycles. The van der Waals surface area contributed by atoms with Crippen LogP contribution in [0, 0.1) is 0 Å². The molecule has 0 spiro atoms. The third-order valence-corrected chi connectivity index (χ3v) is 5.09. The van der Waals surface area contributed by atoms with Crippen molar-refractivity contribution >= 4 is 45.7 Å². The van der Waals surface area contributed by atoms with Crippen LogP contribution in [0.1, 0.15) is 0 Å². The minimum absolute atomic E-state index is 0.0641. The highest BCUT2D eigenvalue weighted by Crippen LogP contribution is 2.37. The summed E-state index contributed by atoms with van der Waals surface area (Å²) >= 11 is 18.1. The van der Waals surface area contributed by atoms with E-state index in [9.17, 15) is 0 Å². The van der Waals surface area contributed by atoms with Crippen molar-refractivity contribution in [2.24, 2.45) is 0 Å². The summed E-state index contributed by atoms with van der Waals surface area (Å²) in [4.78, 5) is 0.932. The van der Waals surface area contributed by atoms with Gasteiger partial charge in [-0.15, -0.1) is 0 Å². The molecule has 1 aliphatic rings. The second kappa shape index (κ2) is 4.23. The Bertz CT molecular complexity index is 392. The molecule has 1 aliphatic heterocycles. The minimum Gasteiger partial charge on any atom is -0.345 e. The van der Waals surface area contributed by atoms with Gasteiger partial charge in [0.15, 0.2) is 5.88 Å². The first-order valence-electron chi connectivity index (χ1n) is 3.93. The number of nitrogens with one attached hydrogen (secondary N) is 1. The normalized spacial score (nSPS) is 19.8. The van der Waals surface area contributed by atoms with Crippen molar-refractivity contribution < 1.29 is 0 Å². The standard InChI is InChI=1S/C9H7Cl3NS/c10-6-1-2-7(11)9(8(6)12)14-4-3-13-5-14/h1-4,13H,5H2/q+1. The van der Waals surface area contributed by atoms with E-state index in [0.717, 1.165) is 10.8 Å². The SMILES string of the molecule is Clc1ccc(Cl)c([S+]2C=CNC2)c1Cl. The van der Waals surface area contributed by atoms with Gasteiger partial charge in [-0.3, -0.25) is 0 Å². The fourth-order valence-electron chi connectivity index (χ4n) is 1.21. The Kier molecular flexibility index (Phi) is 3.17. The number of benzene rings is 1. The van der Waals surface area contributed by atoms with Gasteiger partial charge in [-0.05, 0) is 12.1 Å². The van der Waals surface area contributed by atoms with Crippen LogP contribution in [0.25, 0.3) is 0 Å². The van der Waals surface area contributed by atoms with E-state index in [-0.39, 0.29) is 10.9 Å². The van der Waals surface area contributed by atoms with Crippen LogP contribution < -0.4 is 5.32 Å². The molecule has 0 aromatic heterocycles. The van der Waals surface area contributed by atoms with Gasteiger partial charge in [-0.2, -0.15) is 0 Å². The monoisotopic (exact) mass is 266 g/mol. The average Bonchev–Trinajstić information content (AvgIpc) is 2.65. The fraction of sp³-hybridized carbons (Fsp3) is 0.111. The predicted octanol–water partition coefficient (Wildman–Crippen LogP) is 3.66. The summed E-state index contributed by atoms with van der Waals surface area (Å²) in [5.74, 6) is 0.847. The van der Waals surface area contributed by atoms with Crippen LogP contribution in [0.2, 0.25) is 15.1 Å². The first-order chi connectivity index (χ1) is 6.70. The van der Waals surface area contributed by atoms with Gasteiger partial charge in [0.1, 0.15) is 10.4 Å². The summed E-state index contributed by atoms with van der Waals surface area (Å²) in [6, 6.07) is 3.50. The molecule has 1 aromatic carbocycles. The van der Waals surface area contributed by atoms with Crippen LogP contribution >= 0.6 is 34.8 Å². The van der Waals surface area contributed by atoms with Gasteiger partial charge >= 0.3 is 0 Å². The third kappa shape index (κ3) is 1.84. The molecular formula is C9H7Cl3NS+. The van der Waals surface area contributed by atoms with E-state index in [4.69, 9.17) is 34.8 Å². The third-order valence-electron chi connectivity index (χ3n) is 1.85. The molecule has 0 radical (unpaired) electrons. The molecule has 1 nitrogen and oxygen atoms in total. The van der Waals surface area contributed by atoms with Crippen molar-refractivity contribution in [2.45, 2.75) is 4.90 Å². The molecule has 1 atom stereocenters. The summed E-state index contributed by atoms with van der Waals surface area (Å²) in [7, 11) is -0.0641. The highest BCUT2D eigenvalue weighted by atomic mass is 35.5. The zero-order valence-corrected chi connectivity index (χ0v) is 10.1. The summed E-state index contributed by atoms with van der Waals surface area (Å²) in [6.07, 6.45) is 1.91. The van der Waals surface area contributed by atoms with Gasteiger partial charge in [0.2, 0.25) is 4.90 Å². The van der Waals surface area contributed by atoms with Gasteiger partial charge in [0.05, 0.1) is 20.9 Å². The Morgan fingerprint density at radius 2 is 1.86 bits per heavy atom. The zero-order valence-electron chi connectivity index (χ0n) is 7.06. The smallest absolute Gasteiger partial charge is 0.200 e. The first-order valence-corrected chi connectivity index (χ1v) is 6.52. The quantitative estimate of drug-likeness (QED) is 0.605. The van der Waals surface area contributed by atoms with Crippen LogP contribution in [0.4, 0.5) is 0 Å². The Balaban J connectivity index is 2.50. The zero-order chi connectivity index (χ0) is 10.1. The molecule has 74 valence electrons. The fourth-order valence-corrected chi connectivity index (χ4v) is 3.96. The highest BCUT2D eigenvalue weighted by molar-refractivity contribution is 8.00. The lowest BCUT2D eigenvalue weighted by atomic mass is 10.4. The molecule has 5 heteroatoms. The van der Waals surface area contributed by atoms with Crippen LogP contribution in [-0.2, 0) is 10.9 Å². The number of hydrogen-bond donors (Lipinski definition) is 1. The van der Waals surface area contributed by atoms with Gasteiger partial charge in [-0.25, -0.2) is 0 Å². The summed E-state index contributed by atoms with van der Waals surface area (Å²) < 4.78 is 0. The maximum absolute atomic E-state index is 6.11. The van der Waals surface area contributed by atoms with Crippen molar-refractivity contribution in [3.8, 4) is 0 Å². The summed E-state index contributed by atoms with van der Waals surface area (Å²) in [5.41, 5.74) is 0. The van der Waals surface area contributed by atoms with E-state index >= 15 is 0 Å². The Morgan fingerprint density at radius 1 is 1.14 bits per heavy atom. The van der Waals surface area contributed by atoms with E-state index in [0.29, 0.717) is 15.1 Å². The Labute approximate surface area is 100 Å². The van der Waals surface area contributed by atoms with E-state index in [1.165, 1.54) is 0 Å². The molecule has 0 amide bonds. The second-order valence-corrected chi connectivity index (χ2v) is 5.77. The van der Waals surface area contributed by atoms with Gasteiger partial charge in [0.25, 0.3) is 0 Å². The van der Waals surface area contributed by atoms with Crippen molar-refractivity contribution in [1.82, 2.24) is 5.32 Å². The maximum atomic E-state index is 6.11. The number of hydrogen-bond acceptors (Lipinski definition) is 1. The lowest BCUT2D eigenvalue weighted by Gasteiger charge is -2.04. The molecule has 1 unspecified atom stereocenters. The van der Waals surface area contributed by atoms with Crippen LogP contribution in [-0.4, -0.2) is 5.88 Å². The number of halogens is 3. The lowest BCUT2D eigenvalue weighted by Crippen LogP contribution is -2.10. The second-order valence-electron chi connectivity index (χ2n) is 2.75. The van der Waals surface area contributed by atoms with Crippen LogP contribution in [0.15, 0.2) is 28.6 Å². The lowest BCUT2D eigenvalue weighted by molar-refractivity contribution is 1.08. The van der Waals surface area contributed by atoms with Gasteiger partial charge < -0.3 is 5.32 Å². The molecule has 0 bridgehead atoms. The van der Waals surface area contributed by atoms with E-state index in [2.05, 4.69) is 10.7 Å². The Morgan fingerprint density at radius 3 is 2.50 bits per heavy atom. The largest absolute Gasteiger partial charge is 0.345 e. The molecule has 2 rings (SSSR count). The van der Waals surface area contributed by atoms with Crippen LogP contribution in [0.5, 0.6) is 0 Å². The van der Waals surface area contributed by atoms with Crippen molar-refractivity contribution in [3.05, 3.63) is 38.8 Å². The maximum Gasteiger partial charge on any atom is 0.200 e. The van der Waals surface area contributed by atoms with Crippen molar-refractivity contribution in [2.75, 3.05) is 5.88 Å². The molecule has 14 heavy (non-hydrogen) atoms. The van der Waals surface area contributed by atoms with E-state index < -0.39 is 0 Å². The first kappa shape index (κ1) is 10.5. The predicted molar refractivity (Wildman–Crippen MR) is 64.2 cm³/mol. The van der Waals surface area contributed by atoms with Crippen molar-refractivity contribution in [1.29, 1.82) is 0 Å². The molecule has 0 saturated heterocycles. The van der Waals surface area contributed by atoms with Gasteiger partial charge in [0, 0.05) is 6.20 Å². The van der Waals surface area contributed by atoms with Crippen molar-refractivity contribution in [3.63, 3.8) is 0 Å². The summed E-state index contributed by atoms with van der Waals surface area (Å²) in [6.45, 7) is 0. The number of rotatable bonds is 1. The Hall–Kier alpha value is -0.0200. The van der Waals surface area contributed by atoms with E-state index in [1.54, 1.807) is 12.1 Å². The molecule has 0 saturated carbocycles. The molecule has 1 N–H and O–H groups in total. The molecule has 1 aromatic rings. The molecule has 0 fully saturated rings. The highest BCUT2D eigenvalue weighted by Gasteiger charge is 2.29. The minimum atomic E-state index is -0.0641. The van der Waals surface area contributed by atoms with Crippen LogP contribution in [0.3, 0.4) is 0 Å². The molecule has 0 aliphatic carbocycles. The van der Waals surface area contributed by atoms with E-state index in [1.807, 2.05) is 6.20 Å². The average molecular weight is 268 g/mol.